The molecule has 0 aliphatic rings. The summed E-state index contributed by atoms with van der Waals surface area (Å²) in [5.74, 6) is -0.412. The lowest BCUT2D eigenvalue weighted by Crippen LogP contribution is -2.34. The first-order chi connectivity index (χ1) is 13.3. The molecule has 0 unspecified atom stereocenters. The van der Waals surface area contributed by atoms with E-state index < -0.39 is 44.3 Å². The second-order valence-electron chi connectivity index (χ2n) is 7.34. The van der Waals surface area contributed by atoms with Crippen molar-refractivity contribution in [3.05, 3.63) is 29.3 Å². The van der Waals surface area contributed by atoms with E-state index in [0.717, 1.165) is 22.5 Å². The molecule has 0 aromatic heterocycles. The number of rotatable bonds is 10. The summed E-state index contributed by atoms with van der Waals surface area (Å²) >= 11 is 0. The largest absolute Gasteiger partial charge is 0.465 e. The van der Waals surface area contributed by atoms with Gasteiger partial charge in [-0.1, -0.05) is 19.9 Å². The van der Waals surface area contributed by atoms with Crippen LogP contribution in [0.15, 0.2) is 23.1 Å². The Morgan fingerprint density at radius 2 is 1.86 bits per heavy atom. The third-order valence-corrected chi connectivity index (χ3v) is 5.94. The Morgan fingerprint density at radius 1 is 1.24 bits per heavy atom. The van der Waals surface area contributed by atoms with E-state index in [9.17, 15) is 31.5 Å². The minimum absolute atomic E-state index is 0.00661. The van der Waals surface area contributed by atoms with E-state index in [0.29, 0.717) is 0 Å². The van der Waals surface area contributed by atoms with Crippen molar-refractivity contribution in [3.8, 4) is 0 Å². The highest BCUT2D eigenvalue weighted by atomic mass is 32.2. The quantitative estimate of drug-likeness (QED) is 0.566. The molecule has 1 atom stereocenters. The van der Waals surface area contributed by atoms with Gasteiger partial charge in [-0.15, -0.1) is 0 Å². The number of carbonyl (C=O) groups is 1. The zero-order valence-corrected chi connectivity index (χ0v) is 17.8. The van der Waals surface area contributed by atoms with Crippen molar-refractivity contribution >= 4 is 16.0 Å². The fourth-order valence-electron chi connectivity index (χ4n) is 2.71. The zero-order valence-electron chi connectivity index (χ0n) is 17.0. The van der Waals surface area contributed by atoms with Gasteiger partial charge in [0.25, 0.3) is 0 Å². The van der Waals surface area contributed by atoms with Crippen molar-refractivity contribution in [2.75, 3.05) is 20.2 Å². The number of hydrogen-bond donors (Lipinski definition) is 1. The van der Waals surface area contributed by atoms with Gasteiger partial charge in [0, 0.05) is 20.0 Å². The van der Waals surface area contributed by atoms with Crippen LogP contribution in [0, 0.1) is 5.92 Å². The number of alkyl halides is 3. The molecule has 29 heavy (non-hydrogen) atoms. The van der Waals surface area contributed by atoms with Crippen LogP contribution in [0.5, 0.6) is 0 Å². The van der Waals surface area contributed by atoms with Crippen LogP contribution >= 0.6 is 0 Å². The summed E-state index contributed by atoms with van der Waals surface area (Å²) in [6, 6.07) is 2.96. The Bertz CT molecular complexity index is 792. The molecule has 0 saturated heterocycles. The maximum absolute atomic E-state index is 13.5. The van der Waals surface area contributed by atoms with E-state index in [2.05, 4.69) is 0 Å². The van der Waals surface area contributed by atoms with E-state index in [4.69, 9.17) is 4.74 Å². The Labute approximate surface area is 169 Å². The SMILES string of the molecule is CC(C)COC(=O)CCCc1c(C(F)(F)F)cccc1S(=O)(=O)N(C)C[C@H](C)O. The number of ether oxygens (including phenoxy) is 1. The monoisotopic (exact) mass is 439 g/mol. The molecule has 1 rings (SSSR count). The summed E-state index contributed by atoms with van der Waals surface area (Å²) in [5, 5.41) is 9.44. The molecule has 0 aliphatic carbocycles. The van der Waals surface area contributed by atoms with Crippen LogP contribution in [0.4, 0.5) is 13.2 Å². The lowest BCUT2D eigenvalue weighted by molar-refractivity contribution is -0.144. The van der Waals surface area contributed by atoms with E-state index >= 15 is 0 Å². The first kappa shape index (κ1) is 25.4. The molecule has 166 valence electrons. The van der Waals surface area contributed by atoms with Gasteiger partial charge < -0.3 is 9.84 Å². The molecule has 0 heterocycles. The smallest absolute Gasteiger partial charge is 0.416 e. The summed E-state index contributed by atoms with van der Waals surface area (Å²) in [5.41, 5.74) is -1.45. The second kappa shape index (κ2) is 10.4. The summed E-state index contributed by atoms with van der Waals surface area (Å²) in [6.07, 6.45) is -6.11. The number of aliphatic hydroxyl groups is 1. The lowest BCUT2D eigenvalue weighted by Gasteiger charge is -2.22. The van der Waals surface area contributed by atoms with Crippen molar-refractivity contribution in [2.24, 2.45) is 5.92 Å². The molecule has 0 aliphatic heterocycles. The summed E-state index contributed by atoms with van der Waals surface area (Å²) in [6.45, 7) is 5.03. The maximum atomic E-state index is 13.5. The fourth-order valence-corrected chi connectivity index (χ4v) is 4.23. The number of nitrogens with zero attached hydrogens (tertiary/aromatic N) is 1. The van der Waals surface area contributed by atoms with Crippen molar-refractivity contribution in [2.45, 2.75) is 57.2 Å². The summed E-state index contributed by atoms with van der Waals surface area (Å²) in [4.78, 5) is 11.3. The molecule has 0 amide bonds. The van der Waals surface area contributed by atoms with Gasteiger partial charge in [0.2, 0.25) is 10.0 Å². The minimum atomic E-state index is -4.75. The number of carbonyl (C=O) groups excluding carboxylic acids is 1. The average molecular weight is 439 g/mol. The molecule has 0 fully saturated rings. The predicted molar refractivity (Wildman–Crippen MR) is 102 cm³/mol. The van der Waals surface area contributed by atoms with Crippen LogP contribution in [-0.2, 0) is 32.2 Å². The molecule has 10 heteroatoms. The first-order valence-corrected chi connectivity index (χ1v) is 10.7. The van der Waals surface area contributed by atoms with Crippen LogP contribution in [0.3, 0.4) is 0 Å². The van der Waals surface area contributed by atoms with Gasteiger partial charge in [-0.25, -0.2) is 8.42 Å². The van der Waals surface area contributed by atoms with Crippen LogP contribution in [0.2, 0.25) is 0 Å². The highest BCUT2D eigenvalue weighted by Crippen LogP contribution is 2.36. The van der Waals surface area contributed by atoms with Gasteiger partial charge in [0.05, 0.1) is 23.2 Å². The number of esters is 1. The van der Waals surface area contributed by atoms with Crippen molar-refractivity contribution < 1.29 is 36.2 Å². The maximum Gasteiger partial charge on any atom is 0.416 e. The standard InChI is InChI=1S/C19H28F3NO5S/c1-13(2)12-28-18(25)10-5-7-15-16(19(20,21)22)8-6-9-17(15)29(26,27)23(4)11-14(3)24/h6,8-9,13-14,24H,5,7,10-12H2,1-4H3/t14-/m0/s1. The van der Waals surface area contributed by atoms with Gasteiger partial charge in [-0.05, 0) is 43.4 Å². The Kier molecular flexibility index (Phi) is 9.10. The Balaban J connectivity index is 3.17. The molecule has 6 nitrogen and oxygen atoms in total. The highest BCUT2D eigenvalue weighted by molar-refractivity contribution is 7.89. The molecule has 1 aromatic rings. The number of sulfonamides is 1. The van der Waals surface area contributed by atoms with Gasteiger partial charge in [0.15, 0.2) is 0 Å². The van der Waals surface area contributed by atoms with Crippen LogP contribution in [-0.4, -0.2) is 50.1 Å². The predicted octanol–water partition coefficient (Wildman–Crippen LogP) is 3.23. The summed E-state index contributed by atoms with van der Waals surface area (Å²) in [7, 11) is -3.07. The zero-order chi connectivity index (χ0) is 22.4. The van der Waals surface area contributed by atoms with Crippen LogP contribution in [0.1, 0.15) is 44.7 Å². The number of benzene rings is 1. The third-order valence-electron chi connectivity index (χ3n) is 4.03. The number of likely N-dealkylation sites (N-methyl/N-ethyl adjacent to an activating group) is 1. The van der Waals surface area contributed by atoms with E-state index in [1.165, 1.54) is 14.0 Å². The average Bonchev–Trinajstić information content (AvgIpc) is 2.58. The lowest BCUT2D eigenvalue weighted by atomic mass is 10.0. The molecule has 1 N–H and O–H groups in total. The van der Waals surface area contributed by atoms with Crippen LogP contribution in [0.25, 0.3) is 0 Å². The molecule has 0 bridgehead atoms. The Morgan fingerprint density at radius 3 is 2.38 bits per heavy atom. The molecule has 0 saturated carbocycles. The van der Waals surface area contributed by atoms with Gasteiger partial charge in [-0.3, -0.25) is 4.79 Å². The number of aliphatic hydroxyl groups excluding tert-OH is 1. The van der Waals surface area contributed by atoms with Crippen molar-refractivity contribution in [3.63, 3.8) is 0 Å². The topological polar surface area (TPSA) is 83.9 Å². The summed E-state index contributed by atoms with van der Waals surface area (Å²) < 4.78 is 71.9. The Hall–Kier alpha value is -1.65. The molecule has 0 spiro atoms. The second-order valence-corrected chi connectivity index (χ2v) is 9.36. The van der Waals surface area contributed by atoms with Crippen molar-refractivity contribution in [1.29, 1.82) is 0 Å². The first-order valence-electron chi connectivity index (χ1n) is 9.26. The molecule has 0 radical (unpaired) electrons. The van der Waals surface area contributed by atoms with E-state index in [1.807, 2.05) is 13.8 Å². The van der Waals surface area contributed by atoms with Gasteiger partial charge >= 0.3 is 12.1 Å². The van der Waals surface area contributed by atoms with E-state index in [1.54, 1.807) is 0 Å². The highest BCUT2D eigenvalue weighted by Gasteiger charge is 2.36. The van der Waals surface area contributed by atoms with E-state index in [-0.39, 0.29) is 38.3 Å². The number of hydrogen-bond acceptors (Lipinski definition) is 5. The van der Waals surface area contributed by atoms with Crippen molar-refractivity contribution in [1.82, 2.24) is 4.31 Å². The third kappa shape index (κ3) is 7.60. The van der Waals surface area contributed by atoms with Gasteiger partial charge in [-0.2, -0.15) is 17.5 Å². The minimum Gasteiger partial charge on any atom is -0.465 e. The number of halogens is 3. The van der Waals surface area contributed by atoms with Gasteiger partial charge in [0.1, 0.15) is 0 Å². The fraction of sp³-hybridized carbons (Fsp3) is 0.632. The molecule has 1 aromatic carbocycles. The molecular formula is C19H28F3NO5S. The normalized spacial score (nSPS) is 13.7. The molecular weight excluding hydrogens is 411 g/mol. The van der Waals surface area contributed by atoms with Crippen LogP contribution < -0.4 is 0 Å².